The molecule has 3 aromatic rings. The van der Waals surface area contributed by atoms with Gasteiger partial charge in [0, 0.05) is 31.2 Å². The summed E-state index contributed by atoms with van der Waals surface area (Å²) in [6.45, 7) is 7.76. The van der Waals surface area contributed by atoms with Crippen molar-refractivity contribution in [3.8, 4) is 10.6 Å². The smallest absolute Gasteiger partial charge is 0.410 e. The maximum Gasteiger partial charge on any atom is 0.410 e. The van der Waals surface area contributed by atoms with Gasteiger partial charge in [-0.05, 0) is 51.7 Å². The molecule has 2 aliphatic rings. The maximum atomic E-state index is 13.0. The standard InChI is InChI=1S/C25H26Cl3N5O3S2/c1-25(2,3)36-24(35)33-6-4-5-13-10-32(11-17(13)33)22-19(18-8-15(26)12-37-18)30-23(38-22)31-21(34)14-7-16(27)20(28)29-9-14/h7-9,12-13,17H,4-6,10-11H2,1-3H3,(H,30,31,34). The van der Waals surface area contributed by atoms with Crippen LogP contribution in [0, 0.1) is 5.92 Å². The number of amides is 2. The van der Waals surface area contributed by atoms with Crippen LogP contribution in [-0.4, -0.2) is 58.1 Å². The molecule has 2 fully saturated rings. The molecule has 0 aromatic carbocycles. The number of rotatable bonds is 4. The number of thiophene rings is 1. The molecule has 0 radical (unpaired) electrons. The summed E-state index contributed by atoms with van der Waals surface area (Å²) in [5, 5.41) is 7.04. The summed E-state index contributed by atoms with van der Waals surface area (Å²) in [6, 6.07) is 3.38. The lowest BCUT2D eigenvalue weighted by Crippen LogP contribution is -2.50. The van der Waals surface area contributed by atoms with Crippen LogP contribution in [0.3, 0.4) is 0 Å². The number of hydrogen-bond donors (Lipinski definition) is 1. The summed E-state index contributed by atoms with van der Waals surface area (Å²) in [7, 11) is 0. The van der Waals surface area contributed by atoms with Gasteiger partial charge in [0.25, 0.3) is 5.91 Å². The number of likely N-dealkylation sites (tertiary alicyclic amines) is 1. The Morgan fingerprint density at radius 3 is 2.66 bits per heavy atom. The zero-order chi connectivity index (χ0) is 27.2. The summed E-state index contributed by atoms with van der Waals surface area (Å²) in [6.07, 6.45) is 3.07. The summed E-state index contributed by atoms with van der Waals surface area (Å²) in [5.41, 5.74) is 0.469. The van der Waals surface area contributed by atoms with Gasteiger partial charge >= 0.3 is 6.09 Å². The summed E-state index contributed by atoms with van der Waals surface area (Å²) in [5.74, 6) is -0.0724. The number of carbonyl (C=O) groups is 2. The van der Waals surface area contributed by atoms with Crippen LogP contribution in [0.2, 0.25) is 15.2 Å². The number of halogens is 3. The quantitative estimate of drug-likeness (QED) is 0.310. The first-order valence-electron chi connectivity index (χ1n) is 12.1. The van der Waals surface area contributed by atoms with Gasteiger partial charge in [-0.2, -0.15) is 0 Å². The Balaban J connectivity index is 1.42. The molecular weight excluding hydrogens is 589 g/mol. The van der Waals surface area contributed by atoms with E-state index in [1.807, 2.05) is 37.1 Å². The summed E-state index contributed by atoms with van der Waals surface area (Å²) >= 11 is 21.1. The second kappa shape index (κ2) is 10.8. The van der Waals surface area contributed by atoms with Gasteiger partial charge in [-0.15, -0.1) is 11.3 Å². The fourth-order valence-electron chi connectivity index (χ4n) is 4.79. The summed E-state index contributed by atoms with van der Waals surface area (Å²) < 4.78 is 5.70. The van der Waals surface area contributed by atoms with Gasteiger partial charge in [-0.3, -0.25) is 10.1 Å². The van der Waals surface area contributed by atoms with E-state index in [1.165, 1.54) is 34.9 Å². The number of thiazole rings is 1. The number of ether oxygens (including phenoxy) is 1. The number of carbonyl (C=O) groups excluding carboxylic acids is 2. The van der Waals surface area contributed by atoms with E-state index in [-0.39, 0.29) is 27.9 Å². The molecule has 1 N–H and O–H groups in total. The number of nitrogens with zero attached hydrogens (tertiary/aromatic N) is 4. The first kappa shape index (κ1) is 27.5. The average molecular weight is 615 g/mol. The van der Waals surface area contributed by atoms with E-state index in [2.05, 4.69) is 15.2 Å². The van der Waals surface area contributed by atoms with Crippen molar-refractivity contribution in [2.45, 2.75) is 45.3 Å². The fourth-order valence-corrected chi connectivity index (χ4v) is 7.18. The number of anilines is 2. The molecule has 5 rings (SSSR count). The van der Waals surface area contributed by atoms with Crippen LogP contribution in [0.5, 0.6) is 0 Å². The lowest BCUT2D eigenvalue weighted by molar-refractivity contribution is 0.00669. The summed E-state index contributed by atoms with van der Waals surface area (Å²) in [4.78, 5) is 39.7. The van der Waals surface area contributed by atoms with Crippen molar-refractivity contribution in [1.29, 1.82) is 0 Å². The van der Waals surface area contributed by atoms with Crippen LogP contribution < -0.4 is 10.2 Å². The Kier molecular flexibility index (Phi) is 7.81. The predicted octanol–water partition coefficient (Wildman–Crippen LogP) is 7.31. The predicted molar refractivity (Wildman–Crippen MR) is 154 cm³/mol. The van der Waals surface area contributed by atoms with Crippen molar-refractivity contribution >= 4 is 79.6 Å². The maximum absolute atomic E-state index is 13.0. The normalized spacial score (nSPS) is 19.4. The third-order valence-corrected chi connectivity index (χ3v) is 9.39. The molecule has 2 amide bonds. The molecule has 0 saturated carbocycles. The second-order valence-corrected chi connectivity index (χ2v) is 13.4. The SMILES string of the molecule is CC(C)(C)OC(=O)N1CCCC2CN(c3sc(NC(=O)c4cnc(Cl)c(Cl)c4)nc3-c3cc(Cl)cs3)CC21. The molecular formula is C25H26Cl3N5O3S2. The first-order valence-corrected chi connectivity index (χ1v) is 14.9. The Bertz CT molecular complexity index is 1370. The van der Waals surface area contributed by atoms with E-state index in [1.54, 1.807) is 0 Å². The molecule has 2 saturated heterocycles. The highest BCUT2D eigenvalue weighted by atomic mass is 35.5. The van der Waals surface area contributed by atoms with Gasteiger partial charge in [-0.1, -0.05) is 46.1 Å². The minimum absolute atomic E-state index is 0.0424. The van der Waals surface area contributed by atoms with Crippen molar-refractivity contribution in [2.75, 3.05) is 29.9 Å². The highest BCUT2D eigenvalue weighted by molar-refractivity contribution is 7.21. The minimum atomic E-state index is -0.553. The number of pyridine rings is 1. The van der Waals surface area contributed by atoms with Crippen LogP contribution in [0.15, 0.2) is 23.7 Å². The first-order chi connectivity index (χ1) is 18.0. The molecule has 5 heterocycles. The topological polar surface area (TPSA) is 87.7 Å². The third-order valence-electron chi connectivity index (χ3n) is 6.39. The fraction of sp³-hybridized carbons (Fsp3) is 0.440. The molecule has 0 bridgehead atoms. The third kappa shape index (κ3) is 5.89. The highest BCUT2D eigenvalue weighted by Gasteiger charge is 2.43. The highest BCUT2D eigenvalue weighted by Crippen LogP contribution is 2.45. The largest absolute Gasteiger partial charge is 0.444 e. The Morgan fingerprint density at radius 2 is 1.97 bits per heavy atom. The number of piperidine rings is 1. The van der Waals surface area contributed by atoms with Crippen LogP contribution in [0.25, 0.3) is 10.6 Å². The Hall–Kier alpha value is -2.11. The molecule has 8 nitrogen and oxygen atoms in total. The van der Waals surface area contributed by atoms with Crippen molar-refractivity contribution in [3.63, 3.8) is 0 Å². The number of nitrogens with one attached hydrogen (secondary N) is 1. The molecule has 2 atom stereocenters. The molecule has 0 aliphatic carbocycles. The molecule has 3 aromatic heterocycles. The van der Waals surface area contributed by atoms with Crippen LogP contribution in [0.1, 0.15) is 44.0 Å². The second-order valence-electron chi connectivity index (χ2n) is 10.3. The van der Waals surface area contributed by atoms with E-state index in [4.69, 9.17) is 44.5 Å². The zero-order valence-corrected chi connectivity index (χ0v) is 24.9. The molecule has 0 spiro atoms. The van der Waals surface area contributed by atoms with E-state index in [0.717, 1.165) is 35.0 Å². The average Bonchev–Trinajstić information content (AvgIpc) is 3.57. The van der Waals surface area contributed by atoms with Gasteiger partial charge in [0.2, 0.25) is 0 Å². The van der Waals surface area contributed by atoms with Gasteiger partial charge < -0.3 is 14.5 Å². The monoisotopic (exact) mass is 613 g/mol. The van der Waals surface area contributed by atoms with E-state index >= 15 is 0 Å². The minimum Gasteiger partial charge on any atom is -0.444 e. The van der Waals surface area contributed by atoms with Crippen molar-refractivity contribution in [2.24, 2.45) is 5.92 Å². The van der Waals surface area contributed by atoms with Gasteiger partial charge in [0.1, 0.15) is 21.4 Å². The van der Waals surface area contributed by atoms with Gasteiger partial charge in [0.05, 0.1) is 26.5 Å². The Morgan fingerprint density at radius 1 is 1.18 bits per heavy atom. The van der Waals surface area contributed by atoms with Gasteiger partial charge in [0.15, 0.2) is 5.13 Å². The van der Waals surface area contributed by atoms with Crippen LogP contribution in [-0.2, 0) is 4.74 Å². The van der Waals surface area contributed by atoms with E-state index in [0.29, 0.717) is 29.2 Å². The molecule has 202 valence electrons. The molecule has 13 heteroatoms. The number of aromatic nitrogens is 2. The van der Waals surface area contributed by atoms with E-state index in [9.17, 15) is 9.59 Å². The lowest BCUT2D eigenvalue weighted by atomic mass is 9.92. The molecule has 38 heavy (non-hydrogen) atoms. The number of fused-ring (bicyclic) bond motifs is 1. The molecule has 2 aliphatic heterocycles. The Labute approximate surface area is 243 Å². The number of hydrogen-bond acceptors (Lipinski definition) is 8. The van der Waals surface area contributed by atoms with Crippen molar-refractivity contribution < 1.29 is 14.3 Å². The van der Waals surface area contributed by atoms with Gasteiger partial charge in [-0.25, -0.2) is 14.8 Å². The lowest BCUT2D eigenvalue weighted by Gasteiger charge is -2.37. The zero-order valence-electron chi connectivity index (χ0n) is 21.0. The van der Waals surface area contributed by atoms with Crippen molar-refractivity contribution in [1.82, 2.24) is 14.9 Å². The van der Waals surface area contributed by atoms with Crippen LogP contribution >= 0.6 is 57.5 Å². The van der Waals surface area contributed by atoms with Crippen LogP contribution in [0.4, 0.5) is 14.9 Å². The van der Waals surface area contributed by atoms with Crippen molar-refractivity contribution in [3.05, 3.63) is 44.5 Å². The molecule has 2 unspecified atom stereocenters. The van der Waals surface area contributed by atoms with E-state index < -0.39 is 11.5 Å².